The van der Waals surface area contributed by atoms with Crippen molar-refractivity contribution in [3.63, 3.8) is 0 Å². The molecule has 0 fully saturated rings. The number of carbonyl (C=O) groups is 1. The average molecular weight is 322 g/mol. The molecule has 8 heteroatoms. The first-order valence-electron chi connectivity index (χ1n) is 6.05. The van der Waals surface area contributed by atoms with E-state index in [2.05, 4.69) is 10.0 Å². The lowest BCUT2D eigenvalue weighted by Crippen LogP contribution is -2.34. The van der Waals surface area contributed by atoms with E-state index in [1.807, 2.05) is 6.92 Å². The fraction of sp³-hybridized carbons (Fsp3) is 0.417. The lowest BCUT2D eigenvalue weighted by atomic mass is 10.2. The van der Waals surface area contributed by atoms with E-state index in [9.17, 15) is 13.2 Å². The minimum absolute atomic E-state index is 0. The quantitative estimate of drug-likeness (QED) is 0.739. The Morgan fingerprint density at radius 1 is 1.20 bits per heavy atom. The lowest BCUT2D eigenvalue weighted by Gasteiger charge is -2.11. The van der Waals surface area contributed by atoms with Crippen molar-refractivity contribution in [1.29, 1.82) is 0 Å². The Balaban J connectivity index is 0.00000361. The summed E-state index contributed by atoms with van der Waals surface area (Å²) in [6.07, 6.45) is 0.556. The van der Waals surface area contributed by atoms with Gasteiger partial charge in [0.2, 0.25) is 15.9 Å². The van der Waals surface area contributed by atoms with Gasteiger partial charge in [-0.3, -0.25) is 9.52 Å². The van der Waals surface area contributed by atoms with E-state index in [4.69, 9.17) is 5.73 Å². The number of sulfonamides is 1. The van der Waals surface area contributed by atoms with Gasteiger partial charge in [-0.15, -0.1) is 12.4 Å². The van der Waals surface area contributed by atoms with Crippen LogP contribution in [-0.4, -0.2) is 26.1 Å². The van der Waals surface area contributed by atoms with Crippen LogP contribution in [0.2, 0.25) is 0 Å². The third-order valence-corrected chi connectivity index (χ3v) is 3.89. The van der Waals surface area contributed by atoms with Crippen LogP contribution >= 0.6 is 12.4 Å². The molecule has 1 aromatic carbocycles. The fourth-order valence-electron chi connectivity index (χ4n) is 1.29. The van der Waals surface area contributed by atoms with Crippen molar-refractivity contribution in [2.45, 2.75) is 26.3 Å². The molecule has 0 saturated heterocycles. The molecule has 0 aliphatic carbocycles. The molecule has 1 atom stereocenters. The first-order valence-corrected chi connectivity index (χ1v) is 7.70. The molecule has 0 aromatic heterocycles. The first kappa shape index (κ1) is 18.7. The number of nitrogens with two attached hydrogens (primary N) is 1. The first-order chi connectivity index (χ1) is 8.88. The zero-order valence-electron chi connectivity index (χ0n) is 11.4. The predicted molar refractivity (Wildman–Crippen MR) is 83.7 cm³/mol. The number of halogens is 1. The van der Waals surface area contributed by atoms with Crippen molar-refractivity contribution >= 4 is 39.7 Å². The minimum Gasteiger partial charge on any atom is -0.325 e. The van der Waals surface area contributed by atoms with E-state index < -0.39 is 16.1 Å². The number of hydrogen-bond acceptors (Lipinski definition) is 4. The Morgan fingerprint density at radius 2 is 1.70 bits per heavy atom. The van der Waals surface area contributed by atoms with Gasteiger partial charge in [-0.25, -0.2) is 8.42 Å². The number of nitrogens with one attached hydrogen (secondary N) is 2. The SMILES string of the molecule is CC[C@H](N)C(=O)Nc1ccc(NS(=O)(=O)CC)cc1.Cl. The summed E-state index contributed by atoms with van der Waals surface area (Å²) >= 11 is 0. The maximum absolute atomic E-state index is 11.6. The summed E-state index contributed by atoms with van der Waals surface area (Å²) in [5.74, 6) is -0.249. The van der Waals surface area contributed by atoms with E-state index >= 15 is 0 Å². The van der Waals surface area contributed by atoms with Gasteiger partial charge in [0.25, 0.3) is 0 Å². The van der Waals surface area contributed by atoms with Crippen molar-refractivity contribution in [2.24, 2.45) is 5.73 Å². The van der Waals surface area contributed by atoms with Crippen molar-refractivity contribution in [3.05, 3.63) is 24.3 Å². The van der Waals surface area contributed by atoms with E-state index in [-0.39, 0.29) is 24.1 Å². The number of anilines is 2. The molecular weight excluding hydrogens is 302 g/mol. The van der Waals surface area contributed by atoms with Gasteiger partial charge in [-0.05, 0) is 37.6 Å². The third kappa shape index (κ3) is 5.77. The highest BCUT2D eigenvalue weighted by Crippen LogP contribution is 2.15. The fourth-order valence-corrected chi connectivity index (χ4v) is 1.93. The maximum Gasteiger partial charge on any atom is 0.241 e. The van der Waals surface area contributed by atoms with Crippen molar-refractivity contribution in [2.75, 3.05) is 15.8 Å². The second kappa shape index (κ2) is 8.08. The zero-order chi connectivity index (χ0) is 14.5. The van der Waals surface area contributed by atoms with Gasteiger partial charge in [-0.2, -0.15) is 0 Å². The molecule has 1 aromatic rings. The van der Waals surface area contributed by atoms with Crippen LogP contribution in [0.25, 0.3) is 0 Å². The molecule has 1 rings (SSSR count). The number of benzene rings is 1. The van der Waals surface area contributed by atoms with Crippen molar-refractivity contribution in [3.8, 4) is 0 Å². The summed E-state index contributed by atoms with van der Waals surface area (Å²) in [6.45, 7) is 3.38. The highest BCUT2D eigenvalue weighted by atomic mass is 35.5. The van der Waals surface area contributed by atoms with Gasteiger partial charge >= 0.3 is 0 Å². The van der Waals surface area contributed by atoms with Crippen LogP contribution < -0.4 is 15.8 Å². The number of carbonyl (C=O) groups excluding carboxylic acids is 1. The van der Waals surface area contributed by atoms with Gasteiger partial charge in [-0.1, -0.05) is 6.92 Å². The van der Waals surface area contributed by atoms with E-state index in [1.165, 1.54) is 0 Å². The minimum atomic E-state index is -3.28. The normalized spacial score (nSPS) is 12.2. The molecule has 0 aliphatic rings. The topological polar surface area (TPSA) is 101 Å². The van der Waals surface area contributed by atoms with Gasteiger partial charge in [0.15, 0.2) is 0 Å². The second-order valence-electron chi connectivity index (χ2n) is 4.09. The molecule has 6 nitrogen and oxygen atoms in total. The molecule has 0 aliphatic heterocycles. The smallest absolute Gasteiger partial charge is 0.241 e. The molecule has 1 amide bonds. The van der Waals surface area contributed by atoms with E-state index in [0.717, 1.165) is 0 Å². The van der Waals surface area contributed by atoms with Gasteiger partial charge in [0, 0.05) is 11.4 Å². The summed E-state index contributed by atoms with van der Waals surface area (Å²) in [6, 6.07) is 5.86. The molecule has 0 saturated carbocycles. The summed E-state index contributed by atoms with van der Waals surface area (Å²) < 4.78 is 25.1. The van der Waals surface area contributed by atoms with Gasteiger partial charge in [0.1, 0.15) is 0 Å². The Kier molecular flexibility index (Phi) is 7.55. The highest BCUT2D eigenvalue weighted by Gasteiger charge is 2.11. The maximum atomic E-state index is 11.6. The predicted octanol–water partition coefficient (Wildman–Crippen LogP) is 1.55. The molecule has 0 spiro atoms. The summed E-state index contributed by atoms with van der Waals surface area (Å²) in [4.78, 5) is 11.6. The van der Waals surface area contributed by atoms with Crippen LogP contribution in [0.3, 0.4) is 0 Å². The molecule has 4 N–H and O–H groups in total. The summed E-state index contributed by atoms with van der Waals surface area (Å²) in [5.41, 5.74) is 6.63. The van der Waals surface area contributed by atoms with Gasteiger partial charge in [0.05, 0.1) is 11.8 Å². The van der Waals surface area contributed by atoms with E-state index in [1.54, 1.807) is 31.2 Å². The Morgan fingerprint density at radius 3 is 2.15 bits per heavy atom. The van der Waals surface area contributed by atoms with Crippen LogP contribution in [0.4, 0.5) is 11.4 Å². The second-order valence-corrected chi connectivity index (χ2v) is 6.10. The third-order valence-electron chi connectivity index (χ3n) is 2.58. The Hall–Kier alpha value is -1.31. The van der Waals surface area contributed by atoms with E-state index in [0.29, 0.717) is 17.8 Å². The molecule has 0 heterocycles. The molecule has 0 bridgehead atoms. The van der Waals surface area contributed by atoms with Crippen molar-refractivity contribution < 1.29 is 13.2 Å². The van der Waals surface area contributed by atoms with Crippen LogP contribution in [0.5, 0.6) is 0 Å². The monoisotopic (exact) mass is 321 g/mol. The summed E-state index contributed by atoms with van der Waals surface area (Å²) in [5, 5.41) is 2.66. The number of rotatable bonds is 6. The molecular formula is C12H20ClN3O3S. The number of hydrogen-bond donors (Lipinski definition) is 3. The molecule has 0 radical (unpaired) electrons. The largest absolute Gasteiger partial charge is 0.325 e. The van der Waals surface area contributed by atoms with Crippen LogP contribution in [0.15, 0.2) is 24.3 Å². The standard InChI is InChI=1S/C12H19N3O3S.ClH/c1-3-11(13)12(16)14-9-5-7-10(8-6-9)15-19(17,18)4-2;/h5-8,11,15H,3-4,13H2,1-2H3,(H,14,16);1H/t11-;/m0./s1. The van der Waals surface area contributed by atoms with Crippen LogP contribution in [-0.2, 0) is 14.8 Å². The van der Waals surface area contributed by atoms with Crippen molar-refractivity contribution in [1.82, 2.24) is 0 Å². The lowest BCUT2D eigenvalue weighted by molar-refractivity contribution is -0.117. The molecule has 20 heavy (non-hydrogen) atoms. The molecule has 0 unspecified atom stereocenters. The number of amides is 1. The Labute approximate surface area is 125 Å². The average Bonchev–Trinajstić information content (AvgIpc) is 2.39. The van der Waals surface area contributed by atoms with Crippen LogP contribution in [0.1, 0.15) is 20.3 Å². The van der Waals surface area contributed by atoms with Crippen LogP contribution in [0, 0.1) is 0 Å². The highest BCUT2D eigenvalue weighted by molar-refractivity contribution is 7.92. The van der Waals surface area contributed by atoms with Gasteiger partial charge < -0.3 is 11.1 Å². The zero-order valence-corrected chi connectivity index (χ0v) is 13.1. The molecule has 114 valence electrons. The Bertz CT molecular complexity index is 531. The summed E-state index contributed by atoms with van der Waals surface area (Å²) in [7, 11) is -3.28.